The Bertz CT molecular complexity index is 401. The quantitative estimate of drug-likeness (QED) is 0.883. The normalized spacial score (nSPS) is 19.7. The third-order valence-electron chi connectivity index (χ3n) is 4.02. The van der Waals surface area contributed by atoms with Crippen LogP contribution in [0.5, 0.6) is 0 Å². The van der Waals surface area contributed by atoms with E-state index in [-0.39, 0.29) is 0 Å². The van der Waals surface area contributed by atoms with E-state index in [2.05, 4.69) is 55.0 Å². The predicted octanol–water partition coefficient (Wildman–Crippen LogP) is 3.06. The van der Waals surface area contributed by atoms with Gasteiger partial charge in [-0.2, -0.15) is 0 Å². The third-order valence-corrected chi connectivity index (χ3v) is 4.02. The molecule has 1 aliphatic heterocycles. The zero-order valence-corrected chi connectivity index (χ0v) is 12.7. The minimum atomic E-state index is 0.522. The molecule has 1 aromatic rings. The van der Waals surface area contributed by atoms with E-state index in [0.717, 1.165) is 37.3 Å². The van der Waals surface area contributed by atoms with Gasteiger partial charge in [-0.3, -0.25) is 0 Å². The summed E-state index contributed by atoms with van der Waals surface area (Å²) in [5, 5.41) is 3.46. The van der Waals surface area contributed by atoms with Gasteiger partial charge in [0.05, 0.1) is 0 Å². The number of nitrogens with one attached hydrogen (secondary N) is 1. The highest BCUT2D eigenvalue weighted by molar-refractivity contribution is 5.42. The van der Waals surface area contributed by atoms with Gasteiger partial charge in [-0.1, -0.05) is 27.7 Å². The Hall–Kier alpha value is -1.09. The number of aromatic nitrogens is 1. The maximum absolute atomic E-state index is 4.54. The minimum absolute atomic E-state index is 0.522. The first kappa shape index (κ1) is 14.3. The lowest BCUT2D eigenvalue weighted by Crippen LogP contribution is -2.24. The molecule has 1 saturated heterocycles. The van der Waals surface area contributed by atoms with Crippen molar-refractivity contribution in [2.45, 2.75) is 46.7 Å². The van der Waals surface area contributed by atoms with Crippen molar-refractivity contribution in [1.29, 1.82) is 0 Å². The van der Waals surface area contributed by atoms with Gasteiger partial charge < -0.3 is 10.2 Å². The molecule has 2 heterocycles. The maximum atomic E-state index is 4.54. The fraction of sp³-hybridized carbons (Fsp3) is 0.688. The largest absolute Gasteiger partial charge is 0.356 e. The molecule has 1 aromatic heterocycles. The highest BCUT2D eigenvalue weighted by Crippen LogP contribution is 2.27. The van der Waals surface area contributed by atoms with Crippen LogP contribution in [0.4, 0.5) is 5.82 Å². The van der Waals surface area contributed by atoms with Crippen LogP contribution in [0.3, 0.4) is 0 Å². The summed E-state index contributed by atoms with van der Waals surface area (Å²) in [5.74, 6) is 2.74. The number of anilines is 1. The summed E-state index contributed by atoms with van der Waals surface area (Å²) in [6.07, 6.45) is 3.24. The zero-order valence-electron chi connectivity index (χ0n) is 12.7. The molecule has 1 unspecified atom stereocenters. The molecule has 0 saturated carbocycles. The summed E-state index contributed by atoms with van der Waals surface area (Å²) in [7, 11) is 0. The fourth-order valence-corrected chi connectivity index (χ4v) is 2.60. The minimum Gasteiger partial charge on any atom is -0.356 e. The van der Waals surface area contributed by atoms with Gasteiger partial charge in [0.15, 0.2) is 0 Å². The van der Waals surface area contributed by atoms with Crippen LogP contribution >= 0.6 is 0 Å². The van der Waals surface area contributed by atoms with E-state index in [1.165, 1.54) is 12.0 Å². The summed E-state index contributed by atoms with van der Waals surface area (Å²) in [6.45, 7) is 12.2. The molecular formula is C16H27N3. The van der Waals surface area contributed by atoms with Crippen molar-refractivity contribution in [2.24, 2.45) is 11.8 Å². The SMILES string of the molecule is CC(C)NCc1ccnc(N2CCC(C(C)C)C2)c1. The molecule has 1 atom stereocenters. The summed E-state index contributed by atoms with van der Waals surface area (Å²) in [6, 6.07) is 4.86. The van der Waals surface area contributed by atoms with E-state index < -0.39 is 0 Å². The van der Waals surface area contributed by atoms with Gasteiger partial charge in [-0.05, 0) is 36.0 Å². The van der Waals surface area contributed by atoms with Crippen molar-refractivity contribution < 1.29 is 0 Å². The number of hydrogen-bond acceptors (Lipinski definition) is 3. The summed E-state index contributed by atoms with van der Waals surface area (Å²) in [5.41, 5.74) is 1.33. The Labute approximate surface area is 117 Å². The third kappa shape index (κ3) is 3.93. The van der Waals surface area contributed by atoms with Crippen LogP contribution in [0.1, 0.15) is 39.7 Å². The Balaban J connectivity index is 1.99. The summed E-state index contributed by atoms with van der Waals surface area (Å²) in [4.78, 5) is 6.97. The second-order valence-electron chi connectivity index (χ2n) is 6.30. The number of rotatable bonds is 5. The molecule has 1 fully saturated rings. The molecular weight excluding hydrogens is 234 g/mol. The Kier molecular flexibility index (Phi) is 4.81. The second kappa shape index (κ2) is 6.38. The molecule has 2 rings (SSSR count). The van der Waals surface area contributed by atoms with Crippen molar-refractivity contribution >= 4 is 5.82 Å². The van der Waals surface area contributed by atoms with Gasteiger partial charge in [0.25, 0.3) is 0 Å². The van der Waals surface area contributed by atoms with Crippen LogP contribution in [0.15, 0.2) is 18.3 Å². The van der Waals surface area contributed by atoms with Crippen LogP contribution in [0.2, 0.25) is 0 Å². The average molecular weight is 261 g/mol. The van der Waals surface area contributed by atoms with Crippen molar-refractivity contribution in [1.82, 2.24) is 10.3 Å². The highest BCUT2D eigenvalue weighted by atomic mass is 15.2. The van der Waals surface area contributed by atoms with Gasteiger partial charge >= 0.3 is 0 Å². The average Bonchev–Trinajstić information content (AvgIpc) is 2.86. The topological polar surface area (TPSA) is 28.2 Å². The van der Waals surface area contributed by atoms with Gasteiger partial charge in [0.1, 0.15) is 5.82 Å². The summed E-state index contributed by atoms with van der Waals surface area (Å²) < 4.78 is 0. The van der Waals surface area contributed by atoms with Crippen molar-refractivity contribution in [3.05, 3.63) is 23.9 Å². The standard InChI is InChI=1S/C16H27N3/c1-12(2)15-6-8-19(11-15)16-9-14(5-7-17-16)10-18-13(3)4/h5,7,9,12-13,15,18H,6,8,10-11H2,1-4H3. The molecule has 0 bridgehead atoms. The fourth-order valence-electron chi connectivity index (χ4n) is 2.60. The molecule has 19 heavy (non-hydrogen) atoms. The molecule has 0 spiro atoms. The molecule has 1 N–H and O–H groups in total. The first-order valence-corrected chi connectivity index (χ1v) is 7.49. The molecule has 106 valence electrons. The Morgan fingerprint density at radius 1 is 1.37 bits per heavy atom. The lowest BCUT2D eigenvalue weighted by Gasteiger charge is -2.19. The number of pyridine rings is 1. The predicted molar refractivity (Wildman–Crippen MR) is 81.4 cm³/mol. The lowest BCUT2D eigenvalue weighted by atomic mass is 9.95. The Morgan fingerprint density at radius 2 is 2.16 bits per heavy atom. The van der Waals surface area contributed by atoms with E-state index >= 15 is 0 Å². The van der Waals surface area contributed by atoms with Gasteiger partial charge in [0, 0.05) is 31.9 Å². The van der Waals surface area contributed by atoms with E-state index in [1.807, 2.05) is 6.20 Å². The van der Waals surface area contributed by atoms with Crippen LogP contribution in [-0.2, 0) is 6.54 Å². The molecule has 1 aliphatic rings. The lowest BCUT2D eigenvalue weighted by molar-refractivity contribution is 0.422. The molecule has 0 aliphatic carbocycles. The molecule has 0 amide bonds. The van der Waals surface area contributed by atoms with Gasteiger partial charge in [0.2, 0.25) is 0 Å². The van der Waals surface area contributed by atoms with Gasteiger partial charge in [-0.25, -0.2) is 4.98 Å². The van der Waals surface area contributed by atoms with E-state index in [1.54, 1.807) is 0 Å². The molecule has 3 heteroatoms. The molecule has 0 aromatic carbocycles. The molecule has 3 nitrogen and oxygen atoms in total. The Morgan fingerprint density at radius 3 is 2.79 bits per heavy atom. The van der Waals surface area contributed by atoms with E-state index in [0.29, 0.717) is 6.04 Å². The van der Waals surface area contributed by atoms with Crippen LogP contribution < -0.4 is 10.2 Å². The van der Waals surface area contributed by atoms with Gasteiger partial charge in [-0.15, -0.1) is 0 Å². The first-order chi connectivity index (χ1) is 9.06. The van der Waals surface area contributed by atoms with Crippen molar-refractivity contribution in [3.8, 4) is 0 Å². The van der Waals surface area contributed by atoms with Crippen LogP contribution in [0.25, 0.3) is 0 Å². The smallest absolute Gasteiger partial charge is 0.128 e. The first-order valence-electron chi connectivity index (χ1n) is 7.49. The van der Waals surface area contributed by atoms with Crippen molar-refractivity contribution in [2.75, 3.05) is 18.0 Å². The second-order valence-corrected chi connectivity index (χ2v) is 6.30. The molecule has 0 radical (unpaired) electrons. The number of hydrogen-bond donors (Lipinski definition) is 1. The number of nitrogens with zero attached hydrogens (tertiary/aromatic N) is 2. The van der Waals surface area contributed by atoms with Crippen molar-refractivity contribution in [3.63, 3.8) is 0 Å². The van der Waals surface area contributed by atoms with Crippen LogP contribution in [-0.4, -0.2) is 24.1 Å². The van der Waals surface area contributed by atoms with Crippen LogP contribution in [0, 0.1) is 11.8 Å². The summed E-state index contributed by atoms with van der Waals surface area (Å²) >= 11 is 0. The maximum Gasteiger partial charge on any atom is 0.128 e. The highest BCUT2D eigenvalue weighted by Gasteiger charge is 2.25. The zero-order chi connectivity index (χ0) is 13.8. The van der Waals surface area contributed by atoms with E-state index in [9.17, 15) is 0 Å². The van der Waals surface area contributed by atoms with E-state index in [4.69, 9.17) is 0 Å². The monoisotopic (exact) mass is 261 g/mol.